The summed E-state index contributed by atoms with van der Waals surface area (Å²) in [4.78, 5) is 23.5. The Hall–Kier alpha value is -1.75. The normalized spacial score (nSPS) is 12.6. The molecule has 0 saturated carbocycles. The Morgan fingerprint density at radius 1 is 0.674 bits per heavy atom. The molecular weight excluding hydrogens is 577 g/mol. The van der Waals surface area contributed by atoms with Gasteiger partial charge in [-0.15, -0.1) is 0 Å². The molecule has 234 valence electrons. The summed E-state index contributed by atoms with van der Waals surface area (Å²) < 4.78 is 34.4. The second kappa shape index (κ2) is 18.9. The maximum Gasteiger partial charge on any atom is 1.00 e. The van der Waals surface area contributed by atoms with Gasteiger partial charge in [0.05, 0.1) is 33.3 Å². The Morgan fingerprint density at radius 2 is 1.09 bits per heavy atom. The quantitative estimate of drug-likeness (QED) is 0.0809. The van der Waals surface area contributed by atoms with Crippen LogP contribution >= 0.6 is 0 Å². The molecule has 8 nitrogen and oxygen atoms in total. The van der Waals surface area contributed by atoms with Gasteiger partial charge >= 0.3 is 29.6 Å². The van der Waals surface area contributed by atoms with Crippen LogP contribution in [0.4, 0.5) is 0 Å². The van der Waals surface area contributed by atoms with E-state index in [-0.39, 0.29) is 40.7 Å². The number of rotatable bonds is 16. The van der Waals surface area contributed by atoms with Crippen molar-refractivity contribution >= 4 is 21.7 Å². The molecule has 0 aliphatic heterocycles. The number of aromatic hydroxyl groups is 2. The number of ketones is 2. The van der Waals surface area contributed by atoms with E-state index in [1.165, 1.54) is 121 Å². The Kier molecular flexibility index (Phi) is 17.3. The molecule has 0 heterocycles. The third-order valence-electron chi connectivity index (χ3n) is 7.58. The van der Waals surface area contributed by atoms with Gasteiger partial charge in [0.15, 0.2) is 23.1 Å². The van der Waals surface area contributed by atoms with Crippen LogP contribution in [0.15, 0.2) is 35.2 Å². The molecule has 3 rings (SSSR count). The van der Waals surface area contributed by atoms with Crippen LogP contribution < -0.4 is 29.6 Å². The van der Waals surface area contributed by atoms with E-state index in [4.69, 9.17) is 0 Å². The van der Waals surface area contributed by atoms with Crippen molar-refractivity contribution in [2.45, 2.75) is 102 Å². The first-order chi connectivity index (χ1) is 19.8. The van der Waals surface area contributed by atoms with Gasteiger partial charge < -0.3 is 19.2 Å². The zero-order chi connectivity index (χ0) is 31.3. The molecule has 2 N–H and O–H groups in total. The smallest absolute Gasteiger partial charge is 0.744 e. The van der Waals surface area contributed by atoms with Crippen molar-refractivity contribution in [2.75, 3.05) is 27.7 Å². The number of fused-ring (bicyclic) bond motifs is 2. The predicted molar refractivity (Wildman–Crippen MR) is 164 cm³/mol. The Balaban J connectivity index is 0.000000423. The number of phenols is 2. The van der Waals surface area contributed by atoms with Crippen LogP contribution in [0.1, 0.15) is 129 Å². The third-order valence-corrected chi connectivity index (χ3v) is 8.43. The number of phenolic OH excluding ortho intramolecular Hbond substituents is 2. The summed E-state index contributed by atoms with van der Waals surface area (Å²) in [6.45, 7) is 3.63. The van der Waals surface area contributed by atoms with Gasteiger partial charge in [0.2, 0.25) is 0 Å². The molecule has 0 radical (unpaired) electrons. The zero-order valence-corrected chi connectivity index (χ0v) is 29.6. The van der Waals surface area contributed by atoms with Gasteiger partial charge in [0.1, 0.15) is 15.0 Å². The minimum absolute atomic E-state index is 0. The number of carbonyl (C=O) groups excluding carboxylic acids is 2. The molecule has 0 atom stereocenters. The molecule has 2 aromatic carbocycles. The van der Waals surface area contributed by atoms with Crippen molar-refractivity contribution in [1.82, 2.24) is 0 Å². The van der Waals surface area contributed by atoms with Gasteiger partial charge in [-0.25, -0.2) is 8.42 Å². The fraction of sp³-hybridized carbons (Fsp3) is 0.576. The molecule has 10 heteroatoms. The van der Waals surface area contributed by atoms with E-state index < -0.39 is 49.2 Å². The van der Waals surface area contributed by atoms with Crippen LogP contribution in [-0.2, 0) is 10.1 Å². The molecule has 43 heavy (non-hydrogen) atoms. The van der Waals surface area contributed by atoms with Gasteiger partial charge in [-0.3, -0.25) is 9.59 Å². The zero-order valence-electron chi connectivity index (χ0n) is 26.8. The topological polar surface area (TPSA) is 132 Å². The van der Waals surface area contributed by atoms with Crippen molar-refractivity contribution in [3.05, 3.63) is 52.6 Å². The SMILES string of the molecule is CCCCCCCCCCCCCCCC[N+](C)(C)C.O=C1c2ccccc2C(=O)c2c1cc(S(=O)(=O)[O-])c(O)c2O.[Na+]. The fourth-order valence-electron chi connectivity index (χ4n) is 5.17. The molecular formula is C33H49NNaO7S+. The van der Waals surface area contributed by atoms with Gasteiger partial charge in [0.25, 0.3) is 0 Å². The van der Waals surface area contributed by atoms with Crippen molar-refractivity contribution in [3.63, 3.8) is 0 Å². The van der Waals surface area contributed by atoms with Gasteiger partial charge in [0, 0.05) is 16.7 Å². The monoisotopic (exact) mass is 626 g/mol. The van der Waals surface area contributed by atoms with Crippen molar-refractivity contribution in [2.24, 2.45) is 0 Å². The standard InChI is InChI=1S/C19H42N.C14H8O7S.Na/c1-5-6-7-8-9-10-11-12-13-14-15-16-17-18-19-20(2,3)4;15-11-6-3-1-2-4-7(6)12(16)10-8(11)5-9(22(19,20)21)13(17)14(10)18;/h5-19H2,1-4H3;1-5,17-18H,(H,19,20,21);/q+1;;+1/p-1. The van der Waals surface area contributed by atoms with E-state index in [2.05, 4.69) is 28.1 Å². The molecule has 0 saturated heterocycles. The van der Waals surface area contributed by atoms with E-state index >= 15 is 0 Å². The largest absolute Gasteiger partial charge is 1.00 e. The Morgan fingerprint density at radius 3 is 1.51 bits per heavy atom. The molecule has 2 aromatic rings. The van der Waals surface area contributed by atoms with Gasteiger partial charge in [-0.05, 0) is 18.9 Å². The van der Waals surface area contributed by atoms with Crippen LogP contribution in [0.2, 0.25) is 0 Å². The fourth-order valence-corrected chi connectivity index (χ4v) is 5.77. The molecule has 0 aromatic heterocycles. The number of carbonyl (C=O) groups is 2. The first-order valence-corrected chi connectivity index (χ1v) is 16.7. The van der Waals surface area contributed by atoms with E-state index in [1.807, 2.05) is 0 Å². The van der Waals surface area contributed by atoms with E-state index in [1.54, 1.807) is 0 Å². The second-order valence-corrected chi connectivity index (χ2v) is 13.6. The van der Waals surface area contributed by atoms with Crippen molar-refractivity contribution in [3.8, 4) is 11.5 Å². The van der Waals surface area contributed by atoms with Crippen LogP contribution in [-0.4, -0.2) is 66.9 Å². The summed E-state index contributed by atoms with van der Waals surface area (Å²) in [6.07, 6.45) is 20.4. The van der Waals surface area contributed by atoms with Gasteiger partial charge in [-0.1, -0.05) is 108 Å². The summed E-state index contributed by atoms with van der Waals surface area (Å²) in [5.41, 5.74) is -0.909. The van der Waals surface area contributed by atoms with Crippen molar-refractivity contribution in [1.29, 1.82) is 0 Å². The maximum atomic E-state index is 12.4. The maximum absolute atomic E-state index is 12.4. The van der Waals surface area contributed by atoms with Crippen LogP contribution in [0.3, 0.4) is 0 Å². The first-order valence-electron chi connectivity index (χ1n) is 15.3. The molecule has 0 unspecified atom stereocenters. The van der Waals surface area contributed by atoms with Crippen LogP contribution in [0, 0.1) is 0 Å². The number of quaternary nitrogens is 1. The van der Waals surface area contributed by atoms with Gasteiger partial charge in [-0.2, -0.15) is 0 Å². The average Bonchev–Trinajstić information content (AvgIpc) is 2.92. The van der Waals surface area contributed by atoms with Crippen LogP contribution in [0.5, 0.6) is 11.5 Å². The summed E-state index contributed by atoms with van der Waals surface area (Å²) in [7, 11) is 1.75. The number of hydrogen-bond acceptors (Lipinski definition) is 7. The number of nitrogens with zero attached hydrogens (tertiary/aromatic N) is 1. The average molecular weight is 627 g/mol. The number of hydrogen-bond donors (Lipinski definition) is 2. The molecule has 0 spiro atoms. The third kappa shape index (κ3) is 12.6. The van der Waals surface area contributed by atoms with Crippen LogP contribution in [0.25, 0.3) is 0 Å². The Bertz CT molecular complexity index is 1300. The molecule has 0 fully saturated rings. The number of benzene rings is 2. The second-order valence-electron chi connectivity index (χ2n) is 12.3. The minimum Gasteiger partial charge on any atom is -0.744 e. The first kappa shape index (κ1) is 39.3. The molecule has 0 bridgehead atoms. The summed E-state index contributed by atoms with van der Waals surface area (Å²) >= 11 is 0. The molecule has 1 aliphatic carbocycles. The predicted octanol–water partition coefficient (Wildman–Crippen LogP) is 3.96. The van der Waals surface area contributed by atoms with Crippen molar-refractivity contribution < 1.29 is 66.8 Å². The minimum atomic E-state index is -5.13. The summed E-state index contributed by atoms with van der Waals surface area (Å²) in [6, 6.07) is 6.38. The molecule has 0 amide bonds. The summed E-state index contributed by atoms with van der Waals surface area (Å²) in [5.74, 6) is -3.80. The van der Waals surface area contributed by atoms with E-state index in [9.17, 15) is 32.8 Å². The molecule has 1 aliphatic rings. The Labute approximate surface area is 280 Å². The van der Waals surface area contributed by atoms with E-state index in [0.29, 0.717) is 6.07 Å². The summed E-state index contributed by atoms with van der Waals surface area (Å²) in [5, 5.41) is 19.5. The number of unbranched alkanes of at least 4 members (excludes halogenated alkanes) is 13. The van der Waals surface area contributed by atoms with E-state index in [0.717, 1.165) is 4.48 Å².